The minimum atomic E-state index is -0.501. The summed E-state index contributed by atoms with van der Waals surface area (Å²) in [7, 11) is 1.86. The van der Waals surface area contributed by atoms with E-state index >= 15 is 0 Å². The van der Waals surface area contributed by atoms with Crippen molar-refractivity contribution < 1.29 is 13.9 Å². The Morgan fingerprint density at radius 1 is 1.20 bits per heavy atom. The molecule has 3 aromatic rings. The van der Waals surface area contributed by atoms with Gasteiger partial charge in [0.1, 0.15) is 11.9 Å². The summed E-state index contributed by atoms with van der Waals surface area (Å²) in [4.78, 5) is 16.6. The van der Waals surface area contributed by atoms with E-state index in [1.54, 1.807) is 18.3 Å². The molecule has 0 spiro atoms. The van der Waals surface area contributed by atoms with Crippen molar-refractivity contribution in [3.63, 3.8) is 0 Å². The van der Waals surface area contributed by atoms with Crippen LogP contribution in [0.25, 0.3) is 0 Å². The maximum Gasteiger partial charge on any atom is 0.258 e. The fraction of sp³-hybridized carbons (Fsp3) is 0.158. The molecule has 0 aliphatic rings. The molecule has 1 atom stereocenters. The van der Waals surface area contributed by atoms with Crippen molar-refractivity contribution in [2.75, 3.05) is 6.61 Å². The number of para-hydroxylation sites is 1. The van der Waals surface area contributed by atoms with E-state index in [-0.39, 0.29) is 18.3 Å². The number of aryl methyl sites for hydroxylation is 1. The zero-order valence-corrected chi connectivity index (χ0v) is 13.7. The Hall–Kier alpha value is -3.15. The number of nitrogens with one attached hydrogen (secondary N) is 1. The number of halogens is 1. The lowest BCUT2D eigenvalue weighted by Crippen LogP contribution is -2.34. The Kier molecular flexibility index (Phi) is 5.09. The summed E-state index contributed by atoms with van der Waals surface area (Å²) in [5.41, 5.74) is 0.899. The topological polar surface area (TPSA) is 56.2 Å². The molecule has 25 heavy (non-hydrogen) atoms. The van der Waals surface area contributed by atoms with Crippen LogP contribution in [0.1, 0.15) is 17.4 Å². The third-order valence-corrected chi connectivity index (χ3v) is 3.75. The molecule has 0 bridgehead atoms. The van der Waals surface area contributed by atoms with Crippen LogP contribution in [0, 0.1) is 5.82 Å². The predicted octanol–water partition coefficient (Wildman–Crippen LogP) is 2.84. The Balaban J connectivity index is 1.73. The second-order valence-electron chi connectivity index (χ2n) is 5.53. The van der Waals surface area contributed by atoms with Crippen LogP contribution in [0.5, 0.6) is 5.75 Å². The number of aromatic nitrogens is 2. The highest BCUT2D eigenvalue weighted by Gasteiger charge is 2.20. The number of rotatable bonds is 6. The van der Waals surface area contributed by atoms with Crippen LogP contribution in [0.3, 0.4) is 0 Å². The molecule has 2 aromatic carbocycles. The Bertz CT molecular complexity index is 849. The highest BCUT2D eigenvalue weighted by molar-refractivity contribution is 5.78. The first kappa shape index (κ1) is 16.7. The fourth-order valence-corrected chi connectivity index (χ4v) is 2.51. The van der Waals surface area contributed by atoms with E-state index in [4.69, 9.17) is 4.74 Å². The first-order valence-corrected chi connectivity index (χ1v) is 7.84. The summed E-state index contributed by atoms with van der Waals surface area (Å²) in [5.74, 6) is -0.115. The molecule has 1 amide bonds. The summed E-state index contributed by atoms with van der Waals surface area (Å²) in [6.07, 6.45) is 3.49. The average molecular weight is 339 g/mol. The number of benzene rings is 2. The monoisotopic (exact) mass is 339 g/mol. The molecule has 128 valence electrons. The number of ether oxygens (including phenoxy) is 1. The maximum atomic E-state index is 13.6. The highest BCUT2D eigenvalue weighted by Crippen LogP contribution is 2.20. The van der Waals surface area contributed by atoms with Crippen molar-refractivity contribution in [1.82, 2.24) is 14.9 Å². The van der Waals surface area contributed by atoms with Gasteiger partial charge in [-0.1, -0.05) is 42.5 Å². The largest absolute Gasteiger partial charge is 0.481 e. The molecule has 6 heteroatoms. The van der Waals surface area contributed by atoms with E-state index in [2.05, 4.69) is 10.3 Å². The minimum Gasteiger partial charge on any atom is -0.481 e. The van der Waals surface area contributed by atoms with Crippen molar-refractivity contribution in [3.8, 4) is 5.75 Å². The SMILES string of the molecule is Cn1ccnc1[C@@H](NC(=O)COc1ccccc1F)c1ccccc1. The molecular formula is C19H18FN3O2. The molecule has 0 radical (unpaired) electrons. The molecule has 0 saturated carbocycles. The normalized spacial score (nSPS) is 11.8. The quantitative estimate of drug-likeness (QED) is 0.751. The Morgan fingerprint density at radius 3 is 2.60 bits per heavy atom. The Morgan fingerprint density at radius 2 is 1.92 bits per heavy atom. The van der Waals surface area contributed by atoms with Crippen LogP contribution in [-0.4, -0.2) is 22.1 Å². The van der Waals surface area contributed by atoms with Gasteiger partial charge in [0, 0.05) is 19.4 Å². The van der Waals surface area contributed by atoms with Crippen molar-refractivity contribution in [1.29, 1.82) is 0 Å². The molecular weight excluding hydrogens is 321 g/mol. The maximum absolute atomic E-state index is 13.6. The van der Waals surface area contributed by atoms with E-state index in [9.17, 15) is 9.18 Å². The zero-order chi connectivity index (χ0) is 17.6. The van der Waals surface area contributed by atoms with Crippen molar-refractivity contribution in [3.05, 3.63) is 84.2 Å². The predicted molar refractivity (Wildman–Crippen MR) is 91.5 cm³/mol. The van der Waals surface area contributed by atoms with Crippen molar-refractivity contribution >= 4 is 5.91 Å². The molecule has 5 nitrogen and oxygen atoms in total. The van der Waals surface area contributed by atoms with Gasteiger partial charge in [-0.15, -0.1) is 0 Å². The van der Waals surface area contributed by atoms with Crippen LogP contribution in [-0.2, 0) is 11.8 Å². The van der Waals surface area contributed by atoms with Crippen molar-refractivity contribution in [2.24, 2.45) is 7.05 Å². The summed E-state index contributed by atoms with van der Waals surface area (Å²) in [6.45, 7) is -0.283. The van der Waals surface area contributed by atoms with Gasteiger partial charge in [0.2, 0.25) is 0 Å². The van der Waals surface area contributed by atoms with Gasteiger partial charge in [-0.2, -0.15) is 0 Å². The van der Waals surface area contributed by atoms with E-state index < -0.39 is 11.9 Å². The number of amides is 1. The van der Waals surface area contributed by atoms with E-state index in [0.29, 0.717) is 5.82 Å². The second kappa shape index (κ2) is 7.61. The molecule has 1 aromatic heterocycles. The van der Waals surface area contributed by atoms with E-state index in [1.165, 1.54) is 12.1 Å². The van der Waals surface area contributed by atoms with Crippen LogP contribution in [0.2, 0.25) is 0 Å². The molecule has 3 rings (SSSR count). The average Bonchev–Trinajstić information content (AvgIpc) is 3.05. The van der Waals surface area contributed by atoms with Gasteiger partial charge in [-0.05, 0) is 17.7 Å². The number of hydrogen-bond acceptors (Lipinski definition) is 3. The third-order valence-electron chi connectivity index (χ3n) is 3.75. The van der Waals surface area contributed by atoms with Gasteiger partial charge < -0.3 is 14.6 Å². The lowest BCUT2D eigenvalue weighted by molar-refractivity contribution is -0.123. The van der Waals surface area contributed by atoms with Crippen LogP contribution in [0.15, 0.2) is 67.0 Å². The number of carbonyl (C=O) groups is 1. The number of carbonyl (C=O) groups excluding carboxylic acids is 1. The van der Waals surface area contributed by atoms with Gasteiger partial charge >= 0.3 is 0 Å². The number of imidazole rings is 1. The van der Waals surface area contributed by atoms with Gasteiger partial charge in [0.05, 0.1) is 0 Å². The first-order chi connectivity index (χ1) is 12.1. The van der Waals surface area contributed by atoms with Gasteiger partial charge in [0.25, 0.3) is 5.91 Å². The highest BCUT2D eigenvalue weighted by atomic mass is 19.1. The smallest absolute Gasteiger partial charge is 0.258 e. The summed E-state index contributed by atoms with van der Waals surface area (Å²) in [5, 5.41) is 2.90. The van der Waals surface area contributed by atoms with Crippen LogP contribution in [0.4, 0.5) is 4.39 Å². The zero-order valence-electron chi connectivity index (χ0n) is 13.7. The minimum absolute atomic E-state index is 0.0471. The molecule has 0 saturated heterocycles. The molecule has 1 heterocycles. The first-order valence-electron chi connectivity index (χ1n) is 7.84. The molecule has 0 fully saturated rings. The van der Waals surface area contributed by atoms with Gasteiger partial charge in [0.15, 0.2) is 18.2 Å². The molecule has 0 aliphatic carbocycles. The number of nitrogens with zero attached hydrogens (tertiary/aromatic N) is 2. The number of hydrogen-bond donors (Lipinski definition) is 1. The lowest BCUT2D eigenvalue weighted by atomic mass is 10.1. The van der Waals surface area contributed by atoms with Gasteiger partial charge in [-0.3, -0.25) is 4.79 Å². The van der Waals surface area contributed by atoms with Crippen LogP contribution < -0.4 is 10.1 Å². The van der Waals surface area contributed by atoms with E-state index in [0.717, 1.165) is 5.56 Å². The summed E-state index contributed by atoms with van der Waals surface area (Å²) < 4.78 is 20.7. The van der Waals surface area contributed by atoms with E-state index in [1.807, 2.05) is 48.1 Å². The summed E-state index contributed by atoms with van der Waals surface area (Å²) >= 11 is 0. The van der Waals surface area contributed by atoms with Crippen molar-refractivity contribution in [2.45, 2.75) is 6.04 Å². The van der Waals surface area contributed by atoms with Gasteiger partial charge in [-0.25, -0.2) is 9.37 Å². The van der Waals surface area contributed by atoms with Crippen LogP contribution >= 0.6 is 0 Å². The molecule has 1 N–H and O–H groups in total. The lowest BCUT2D eigenvalue weighted by Gasteiger charge is -2.19. The second-order valence-corrected chi connectivity index (χ2v) is 5.53. The third kappa shape index (κ3) is 4.03. The molecule has 0 aliphatic heterocycles. The summed E-state index contributed by atoms with van der Waals surface area (Å²) in [6, 6.07) is 15.1. The standard InChI is InChI=1S/C19H18FN3O2/c1-23-12-11-21-19(23)18(14-7-3-2-4-8-14)22-17(24)13-25-16-10-6-5-9-15(16)20/h2-12,18H,13H2,1H3,(H,22,24)/t18-/m0/s1. The molecule has 0 unspecified atom stereocenters. The Labute approximate surface area is 145 Å². The fourth-order valence-electron chi connectivity index (χ4n) is 2.51.